The van der Waals surface area contributed by atoms with E-state index in [-0.39, 0.29) is 24.9 Å². The first-order valence-corrected chi connectivity index (χ1v) is 11.4. The van der Waals surface area contributed by atoms with Gasteiger partial charge in [0.15, 0.2) is 0 Å². The van der Waals surface area contributed by atoms with E-state index in [2.05, 4.69) is 21.4 Å². The van der Waals surface area contributed by atoms with E-state index in [0.29, 0.717) is 35.8 Å². The van der Waals surface area contributed by atoms with Gasteiger partial charge in [-0.05, 0) is 36.2 Å². The van der Waals surface area contributed by atoms with Crippen molar-refractivity contribution < 1.29 is 14.3 Å². The van der Waals surface area contributed by atoms with Gasteiger partial charge in [-0.15, -0.1) is 11.3 Å². The topological polar surface area (TPSA) is 108 Å². The molecule has 3 aromatic heterocycles. The van der Waals surface area contributed by atoms with Crippen LogP contribution < -0.4 is 5.32 Å². The summed E-state index contributed by atoms with van der Waals surface area (Å²) in [7, 11) is 0. The highest BCUT2D eigenvalue weighted by molar-refractivity contribution is 7.16. The third-order valence-electron chi connectivity index (χ3n) is 5.43. The molecule has 2 amide bonds. The third kappa shape index (κ3) is 5.35. The number of ether oxygens (including phenoxy) is 1. The Morgan fingerprint density at radius 2 is 2.03 bits per heavy atom. The zero-order chi connectivity index (χ0) is 23.2. The van der Waals surface area contributed by atoms with Crippen LogP contribution in [0.1, 0.15) is 46.7 Å². The Balaban J connectivity index is 1.39. The Morgan fingerprint density at radius 3 is 2.73 bits per heavy atom. The number of nitrogens with one attached hydrogen (secondary N) is 1. The maximum Gasteiger partial charge on any atom is 0.410 e. The molecule has 3 aromatic rings. The summed E-state index contributed by atoms with van der Waals surface area (Å²) in [6.45, 7) is 2.84. The normalized spacial score (nSPS) is 13.5. The van der Waals surface area contributed by atoms with Gasteiger partial charge in [-0.1, -0.05) is 19.1 Å². The molecule has 0 saturated carbocycles. The monoisotopic (exact) mass is 461 g/mol. The van der Waals surface area contributed by atoms with Gasteiger partial charge in [0.2, 0.25) is 5.91 Å². The molecule has 168 valence electrons. The van der Waals surface area contributed by atoms with Crippen LogP contribution in [0.5, 0.6) is 0 Å². The first-order chi connectivity index (χ1) is 16.0. The summed E-state index contributed by atoms with van der Waals surface area (Å²) in [6, 6.07) is 13.3. The van der Waals surface area contributed by atoms with E-state index in [1.165, 1.54) is 11.3 Å². The average molecular weight is 462 g/mol. The van der Waals surface area contributed by atoms with Crippen molar-refractivity contribution in [3.63, 3.8) is 0 Å². The van der Waals surface area contributed by atoms with Crippen molar-refractivity contribution in [2.75, 3.05) is 11.9 Å². The summed E-state index contributed by atoms with van der Waals surface area (Å²) in [4.78, 5) is 36.1. The standard InChI is InChI=1S/C24H23N5O3S/c1-16(20-7-3-5-10-27-20)12-22(30)28-23-19(13-25)18-8-11-29(14-21(18)33-23)24(31)32-15-17-6-2-4-9-26-17/h2-7,9-10,16H,8,11-12,14-15H2,1H3,(H,28,30). The molecule has 0 aliphatic carbocycles. The highest BCUT2D eigenvalue weighted by Gasteiger charge is 2.28. The van der Waals surface area contributed by atoms with Crippen LogP contribution in [-0.4, -0.2) is 33.4 Å². The number of thiophene rings is 1. The smallest absolute Gasteiger partial charge is 0.410 e. The zero-order valence-corrected chi connectivity index (χ0v) is 19.0. The van der Waals surface area contributed by atoms with Crippen molar-refractivity contribution in [1.82, 2.24) is 14.9 Å². The number of hydrogen-bond donors (Lipinski definition) is 1. The van der Waals surface area contributed by atoms with Crippen LogP contribution in [0.3, 0.4) is 0 Å². The Labute approximate surface area is 195 Å². The number of hydrogen-bond acceptors (Lipinski definition) is 7. The first-order valence-electron chi connectivity index (χ1n) is 10.6. The molecule has 1 unspecified atom stereocenters. The van der Waals surface area contributed by atoms with Gasteiger partial charge in [-0.2, -0.15) is 5.26 Å². The summed E-state index contributed by atoms with van der Waals surface area (Å²) in [5.74, 6) is -0.217. The lowest BCUT2D eigenvalue weighted by atomic mass is 10.0. The molecule has 0 radical (unpaired) electrons. The van der Waals surface area contributed by atoms with E-state index in [9.17, 15) is 14.9 Å². The number of anilines is 1. The number of carbonyl (C=O) groups excluding carboxylic acids is 2. The van der Waals surface area contributed by atoms with Crippen LogP contribution in [0.4, 0.5) is 9.80 Å². The number of rotatable bonds is 6. The largest absolute Gasteiger partial charge is 0.443 e. The molecule has 0 saturated heterocycles. The lowest BCUT2D eigenvalue weighted by Crippen LogP contribution is -2.35. The molecule has 0 fully saturated rings. The molecular formula is C24H23N5O3S. The van der Waals surface area contributed by atoms with Crippen molar-refractivity contribution in [1.29, 1.82) is 5.26 Å². The Hall–Kier alpha value is -3.77. The van der Waals surface area contributed by atoms with Gasteiger partial charge in [0.1, 0.15) is 17.7 Å². The van der Waals surface area contributed by atoms with Crippen LogP contribution in [0.25, 0.3) is 0 Å². The number of fused-ring (bicyclic) bond motifs is 1. The fourth-order valence-electron chi connectivity index (χ4n) is 3.70. The molecule has 4 heterocycles. The Morgan fingerprint density at radius 1 is 1.24 bits per heavy atom. The van der Waals surface area contributed by atoms with Crippen molar-refractivity contribution in [2.45, 2.75) is 38.8 Å². The second-order valence-electron chi connectivity index (χ2n) is 7.77. The predicted octanol–water partition coefficient (Wildman–Crippen LogP) is 4.24. The van der Waals surface area contributed by atoms with E-state index >= 15 is 0 Å². The Kier molecular flexibility index (Phi) is 6.95. The van der Waals surface area contributed by atoms with Crippen LogP contribution in [0, 0.1) is 11.3 Å². The van der Waals surface area contributed by atoms with Gasteiger partial charge in [-0.3, -0.25) is 14.8 Å². The van der Waals surface area contributed by atoms with Gasteiger partial charge in [0.05, 0.1) is 17.8 Å². The molecule has 0 aromatic carbocycles. The summed E-state index contributed by atoms with van der Waals surface area (Å²) in [5.41, 5.74) is 2.90. The molecule has 1 aliphatic heterocycles. The van der Waals surface area contributed by atoms with Crippen LogP contribution >= 0.6 is 11.3 Å². The van der Waals surface area contributed by atoms with Crippen LogP contribution in [-0.2, 0) is 29.1 Å². The minimum atomic E-state index is -0.423. The van der Waals surface area contributed by atoms with E-state index in [4.69, 9.17) is 4.74 Å². The van der Waals surface area contributed by atoms with Crippen LogP contribution in [0.2, 0.25) is 0 Å². The van der Waals surface area contributed by atoms with E-state index in [0.717, 1.165) is 16.1 Å². The average Bonchev–Trinajstić information content (AvgIpc) is 3.19. The second-order valence-corrected chi connectivity index (χ2v) is 8.88. The third-order valence-corrected chi connectivity index (χ3v) is 6.57. The lowest BCUT2D eigenvalue weighted by molar-refractivity contribution is -0.116. The summed E-state index contributed by atoms with van der Waals surface area (Å²) in [6.07, 6.45) is 3.73. The number of carbonyl (C=O) groups is 2. The summed E-state index contributed by atoms with van der Waals surface area (Å²) >= 11 is 1.34. The fraction of sp³-hybridized carbons (Fsp3) is 0.292. The maximum atomic E-state index is 12.6. The minimum absolute atomic E-state index is 0.0457. The number of aromatic nitrogens is 2. The quantitative estimate of drug-likeness (QED) is 0.588. The van der Waals surface area contributed by atoms with Gasteiger partial charge in [-0.25, -0.2) is 4.79 Å². The SMILES string of the molecule is CC(CC(=O)Nc1sc2c(c1C#N)CCN(C(=O)OCc1ccccn1)C2)c1ccccn1. The van der Waals surface area contributed by atoms with Gasteiger partial charge >= 0.3 is 6.09 Å². The number of amides is 2. The minimum Gasteiger partial charge on any atom is -0.443 e. The molecule has 1 atom stereocenters. The van der Waals surface area contributed by atoms with Crippen LogP contribution in [0.15, 0.2) is 48.8 Å². The maximum absolute atomic E-state index is 12.6. The highest BCUT2D eigenvalue weighted by atomic mass is 32.1. The van der Waals surface area contributed by atoms with Crippen molar-refractivity contribution in [3.05, 3.63) is 76.2 Å². The lowest BCUT2D eigenvalue weighted by Gasteiger charge is -2.26. The van der Waals surface area contributed by atoms with E-state index in [1.54, 1.807) is 29.4 Å². The van der Waals surface area contributed by atoms with Crippen molar-refractivity contribution >= 4 is 28.3 Å². The molecule has 4 rings (SSSR count). The highest BCUT2D eigenvalue weighted by Crippen LogP contribution is 2.37. The van der Waals surface area contributed by atoms with E-state index in [1.807, 2.05) is 31.2 Å². The second kappa shape index (κ2) is 10.2. The Bertz CT molecular complexity index is 1170. The molecule has 0 spiro atoms. The number of nitrogens with zero attached hydrogens (tertiary/aromatic N) is 4. The molecule has 33 heavy (non-hydrogen) atoms. The fourth-order valence-corrected chi connectivity index (χ4v) is 4.93. The van der Waals surface area contributed by atoms with Crippen molar-refractivity contribution in [2.24, 2.45) is 0 Å². The van der Waals surface area contributed by atoms with Gasteiger partial charge < -0.3 is 15.0 Å². The molecule has 9 heteroatoms. The van der Waals surface area contributed by atoms with Gasteiger partial charge in [0.25, 0.3) is 0 Å². The molecule has 8 nitrogen and oxygen atoms in total. The van der Waals surface area contributed by atoms with Gasteiger partial charge in [0, 0.05) is 41.8 Å². The zero-order valence-electron chi connectivity index (χ0n) is 18.2. The molecule has 0 bridgehead atoms. The first kappa shape index (κ1) is 22.4. The van der Waals surface area contributed by atoms with E-state index < -0.39 is 6.09 Å². The molecule has 1 aliphatic rings. The number of nitriles is 1. The summed E-state index contributed by atoms with van der Waals surface area (Å²) < 4.78 is 5.38. The van der Waals surface area contributed by atoms with Crippen molar-refractivity contribution in [3.8, 4) is 6.07 Å². The molecular weight excluding hydrogens is 438 g/mol. The summed E-state index contributed by atoms with van der Waals surface area (Å²) in [5, 5.41) is 13.1. The number of pyridine rings is 2. The predicted molar refractivity (Wildman–Crippen MR) is 123 cm³/mol. The molecule has 1 N–H and O–H groups in total.